The number of primary amides is 1. The minimum absolute atomic E-state index is 0.163. The first-order valence-electron chi connectivity index (χ1n) is 14.1. The highest BCUT2D eigenvalue weighted by Gasteiger charge is 2.28. The molecule has 2 fully saturated rings. The van der Waals surface area contributed by atoms with Gasteiger partial charge in [0.15, 0.2) is 5.82 Å². The van der Waals surface area contributed by atoms with Crippen molar-refractivity contribution in [1.82, 2.24) is 14.9 Å². The molecular weight excluding hydrogens is 518 g/mol. The van der Waals surface area contributed by atoms with Crippen molar-refractivity contribution in [2.75, 3.05) is 55.2 Å². The van der Waals surface area contributed by atoms with Gasteiger partial charge in [0, 0.05) is 61.2 Å². The summed E-state index contributed by atoms with van der Waals surface area (Å²) in [5, 5.41) is 5.23. The van der Waals surface area contributed by atoms with E-state index in [2.05, 4.69) is 57.6 Å². The molecule has 3 heterocycles. The number of hydrogen-bond donors (Lipinski definition) is 2. The molecule has 0 bridgehead atoms. The molecule has 5 rings (SSSR count). The minimum atomic E-state index is -0.567. The molecule has 1 atom stereocenters. The first-order valence-corrected chi connectivity index (χ1v) is 14.1. The van der Waals surface area contributed by atoms with Gasteiger partial charge in [-0.05, 0) is 38.3 Å². The van der Waals surface area contributed by atoms with E-state index in [9.17, 15) is 4.79 Å². The lowest BCUT2D eigenvalue weighted by molar-refractivity contribution is -0.112. The number of rotatable bonds is 10. The van der Waals surface area contributed by atoms with E-state index in [4.69, 9.17) is 15.3 Å². The van der Waals surface area contributed by atoms with E-state index < -0.39 is 5.91 Å². The number of amides is 1. The number of methoxy groups -OCH3 is 1. The SMILES string of the molecule is C=C(C(N)=O)c1cc(Nc2cc(N3OCC[C@@H]3Cc3ccccc3)ncn2)c(OC)cc1N1CCN(C(C)C)CC1. The number of benzene rings is 2. The van der Waals surface area contributed by atoms with Crippen molar-refractivity contribution in [3.05, 3.63) is 72.6 Å². The van der Waals surface area contributed by atoms with Crippen molar-refractivity contribution in [3.63, 3.8) is 0 Å². The lowest BCUT2D eigenvalue weighted by atomic mass is 10.0. The van der Waals surface area contributed by atoms with E-state index in [1.165, 1.54) is 11.9 Å². The van der Waals surface area contributed by atoms with Crippen molar-refractivity contribution in [2.45, 2.75) is 38.8 Å². The van der Waals surface area contributed by atoms with Crippen LogP contribution in [0.3, 0.4) is 0 Å². The lowest BCUT2D eigenvalue weighted by Gasteiger charge is -2.39. The molecule has 41 heavy (non-hydrogen) atoms. The van der Waals surface area contributed by atoms with Gasteiger partial charge in [-0.3, -0.25) is 14.5 Å². The van der Waals surface area contributed by atoms with Crippen LogP contribution in [-0.4, -0.2) is 72.8 Å². The fourth-order valence-corrected chi connectivity index (χ4v) is 5.46. The van der Waals surface area contributed by atoms with Crippen LogP contribution in [0.1, 0.15) is 31.4 Å². The van der Waals surface area contributed by atoms with Crippen LogP contribution < -0.4 is 25.8 Å². The fourth-order valence-electron chi connectivity index (χ4n) is 5.46. The van der Waals surface area contributed by atoms with E-state index in [0.29, 0.717) is 41.3 Å². The van der Waals surface area contributed by atoms with Crippen LogP contribution in [0.15, 0.2) is 61.4 Å². The van der Waals surface area contributed by atoms with Gasteiger partial charge in [-0.25, -0.2) is 15.0 Å². The van der Waals surface area contributed by atoms with Crippen LogP contribution in [0, 0.1) is 0 Å². The number of nitrogens with one attached hydrogen (secondary N) is 1. The molecule has 3 N–H and O–H groups in total. The topological polar surface area (TPSA) is 109 Å². The smallest absolute Gasteiger partial charge is 0.248 e. The Morgan fingerprint density at radius 2 is 1.90 bits per heavy atom. The largest absolute Gasteiger partial charge is 0.494 e. The fraction of sp³-hybridized carbons (Fsp3) is 0.387. The number of nitrogens with zero attached hydrogens (tertiary/aromatic N) is 5. The standard InChI is InChI=1S/C31H39N7O3/c1-21(2)36-11-13-37(14-12-36)27-18-28(40-4)26(17-25(27)22(3)31(32)39)35-29-19-30(34-20-33-29)38-24(10-15-41-38)16-23-8-6-5-7-9-23/h5-9,17-21,24H,3,10-16H2,1-2,4H3,(H2,32,39)(H,33,34,35)/t24-/m1/s1. The van der Waals surface area contributed by atoms with E-state index >= 15 is 0 Å². The number of piperazine rings is 1. The number of ether oxygens (including phenoxy) is 1. The average molecular weight is 558 g/mol. The first-order chi connectivity index (χ1) is 19.8. The zero-order valence-corrected chi connectivity index (χ0v) is 24.0. The summed E-state index contributed by atoms with van der Waals surface area (Å²) < 4.78 is 5.79. The summed E-state index contributed by atoms with van der Waals surface area (Å²) in [6, 6.07) is 16.7. The highest BCUT2D eigenvalue weighted by Crippen LogP contribution is 2.39. The molecule has 10 heteroatoms. The molecule has 0 unspecified atom stereocenters. The summed E-state index contributed by atoms with van der Waals surface area (Å²) in [5.74, 6) is 1.28. The number of hydroxylamine groups is 1. The molecule has 2 aliphatic heterocycles. The van der Waals surface area contributed by atoms with Crippen molar-refractivity contribution >= 4 is 34.5 Å². The Bertz CT molecular complexity index is 1370. The normalized spacial score (nSPS) is 17.6. The van der Waals surface area contributed by atoms with Gasteiger partial charge in [-0.15, -0.1) is 0 Å². The highest BCUT2D eigenvalue weighted by atomic mass is 16.7. The number of aromatic nitrogens is 2. The number of carbonyl (C=O) groups excluding carboxylic acids is 1. The third kappa shape index (κ3) is 6.44. The highest BCUT2D eigenvalue weighted by molar-refractivity contribution is 6.19. The molecular formula is C31H39N7O3. The molecule has 0 aliphatic carbocycles. The summed E-state index contributed by atoms with van der Waals surface area (Å²) in [7, 11) is 1.63. The zero-order valence-electron chi connectivity index (χ0n) is 24.0. The van der Waals surface area contributed by atoms with Crippen LogP contribution in [-0.2, 0) is 16.1 Å². The lowest BCUT2D eigenvalue weighted by Crippen LogP contribution is -2.49. The van der Waals surface area contributed by atoms with Gasteiger partial charge in [0.25, 0.3) is 0 Å². The van der Waals surface area contributed by atoms with Gasteiger partial charge >= 0.3 is 0 Å². The van der Waals surface area contributed by atoms with Gasteiger partial charge in [0.2, 0.25) is 5.91 Å². The number of carbonyl (C=O) groups is 1. The second-order valence-electron chi connectivity index (χ2n) is 10.7. The molecule has 2 aliphatic rings. The summed E-state index contributed by atoms with van der Waals surface area (Å²) >= 11 is 0. The van der Waals surface area contributed by atoms with Crippen molar-refractivity contribution in [1.29, 1.82) is 0 Å². The third-order valence-corrected chi connectivity index (χ3v) is 7.79. The maximum Gasteiger partial charge on any atom is 0.248 e. The summed E-state index contributed by atoms with van der Waals surface area (Å²) in [6.07, 6.45) is 3.27. The number of anilines is 4. The summed E-state index contributed by atoms with van der Waals surface area (Å²) in [4.78, 5) is 31.9. The molecule has 10 nitrogen and oxygen atoms in total. The van der Waals surface area contributed by atoms with Gasteiger partial charge in [0.05, 0.1) is 25.4 Å². The molecule has 1 aromatic heterocycles. The Kier molecular flexibility index (Phi) is 8.70. The molecule has 2 aromatic carbocycles. The Balaban J connectivity index is 1.41. The monoisotopic (exact) mass is 557 g/mol. The molecule has 0 radical (unpaired) electrons. The van der Waals surface area contributed by atoms with Crippen LogP contribution in [0.5, 0.6) is 5.75 Å². The van der Waals surface area contributed by atoms with Crippen molar-refractivity contribution in [3.8, 4) is 5.75 Å². The maximum atomic E-state index is 12.3. The maximum absolute atomic E-state index is 12.3. The van der Waals surface area contributed by atoms with Gasteiger partial charge < -0.3 is 20.7 Å². The first kappa shape index (κ1) is 28.4. The van der Waals surface area contributed by atoms with E-state index in [1.807, 2.05) is 41.5 Å². The average Bonchev–Trinajstić information content (AvgIpc) is 3.45. The molecule has 3 aromatic rings. The quantitative estimate of drug-likeness (QED) is 0.357. The molecule has 1 amide bonds. The van der Waals surface area contributed by atoms with E-state index in [-0.39, 0.29) is 11.6 Å². The van der Waals surface area contributed by atoms with E-state index in [0.717, 1.165) is 44.7 Å². The Labute approximate surface area is 241 Å². The predicted molar refractivity (Wildman–Crippen MR) is 162 cm³/mol. The molecule has 2 saturated heterocycles. The van der Waals surface area contributed by atoms with Gasteiger partial charge in [-0.2, -0.15) is 0 Å². The molecule has 0 spiro atoms. The summed E-state index contributed by atoms with van der Waals surface area (Å²) in [6.45, 7) is 12.5. The van der Waals surface area contributed by atoms with Crippen LogP contribution >= 0.6 is 0 Å². The Hall–Kier alpha value is -4.15. The molecule has 216 valence electrons. The zero-order chi connectivity index (χ0) is 28.9. The van der Waals surface area contributed by atoms with Gasteiger partial charge in [0.1, 0.15) is 17.9 Å². The van der Waals surface area contributed by atoms with Crippen molar-refractivity contribution in [2.24, 2.45) is 5.73 Å². The minimum Gasteiger partial charge on any atom is -0.494 e. The Morgan fingerprint density at radius 3 is 2.59 bits per heavy atom. The molecule has 0 saturated carbocycles. The Morgan fingerprint density at radius 1 is 1.15 bits per heavy atom. The van der Waals surface area contributed by atoms with Gasteiger partial charge in [-0.1, -0.05) is 36.9 Å². The number of hydrogen-bond acceptors (Lipinski definition) is 9. The van der Waals surface area contributed by atoms with Crippen molar-refractivity contribution < 1.29 is 14.4 Å². The second-order valence-corrected chi connectivity index (χ2v) is 10.7. The van der Waals surface area contributed by atoms with Crippen LogP contribution in [0.2, 0.25) is 0 Å². The third-order valence-electron chi connectivity index (χ3n) is 7.79. The predicted octanol–water partition coefficient (Wildman–Crippen LogP) is 4.01. The van der Waals surface area contributed by atoms with E-state index in [1.54, 1.807) is 7.11 Å². The second kappa shape index (κ2) is 12.6. The number of nitrogens with two attached hydrogens (primary N) is 1. The summed E-state index contributed by atoms with van der Waals surface area (Å²) in [5.41, 5.74) is 9.37. The van der Waals surface area contributed by atoms with Crippen LogP contribution in [0.25, 0.3) is 5.57 Å². The van der Waals surface area contributed by atoms with Crippen LogP contribution in [0.4, 0.5) is 23.0 Å².